The molecule has 0 saturated carbocycles. The van der Waals surface area contributed by atoms with E-state index in [9.17, 15) is 4.79 Å². The largest absolute Gasteiger partial charge is 0.458 e. The highest BCUT2D eigenvalue weighted by Gasteiger charge is 2.53. The molecule has 0 aromatic heterocycles. The van der Waals surface area contributed by atoms with Crippen LogP contribution >= 0.6 is 0 Å². The lowest BCUT2D eigenvalue weighted by molar-refractivity contribution is -0.153. The predicted molar refractivity (Wildman–Crippen MR) is 140 cm³/mol. The van der Waals surface area contributed by atoms with Gasteiger partial charge in [0.1, 0.15) is 5.60 Å². The summed E-state index contributed by atoms with van der Waals surface area (Å²) < 4.78 is 6.09. The molecule has 0 aromatic rings. The molecule has 0 aromatic carbocycles. The summed E-state index contributed by atoms with van der Waals surface area (Å²) in [5.41, 5.74) is -0.215. The molecular weight excluding hydrogens is 392 g/mol. The molecule has 1 saturated heterocycles. The summed E-state index contributed by atoms with van der Waals surface area (Å²) in [7, 11) is 0. The van der Waals surface area contributed by atoms with Crippen molar-refractivity contribution in [2.75, 3.05) is 0 Å². The molecule has 0 radical (unpaired) electrons. The van der Waals surface area contributed by atoms with Crippen molar-refractivity contribution in [2.45, 2.75) is 181 Å². The van der Waals surface area contributed by atoms with E-state index in [1.54, 1.807) is 0 Å². The highest BCUT2D eigenvalue weighted by molar-refractivity contribution is 5.73. The van der Waals surface area contributed by atoms with Gasteiger partial charge in [-0.05, 0) is 25.7 Å². The van der Waals surface area contributed by atoms with Gasteiger partial charge in [0, 0.05) is 5.41 Å². The molecule has 1 aliphatic rings. The first kappa shape index (κ1) is 29.5. The van der Waals surface area contributed by atoms with Crippen molar-refractivity contribution in [3.05, 3.63) is 0 Å². The number of ether oxygens (including phenoxy) is 1. The van der Waals surface area contributed by atoms with Gasteiger partial charge in [0.05, 0.1) is 6.42 Å². The van der Waals surface area contributed by atoms with Gasteiger partial charge in [0.2, 0.25) is 0 Å². The normalized spacial score (nSPS) is 17.1. The zero-order valence-corrected chi connectivity index (χ0v) is 22.6. The minimum absolute atomic E-state index is 0.0113. The van der Waals surface area contributed by atoms with Crippen molar-refractivity contribution in [2.24, 2.45) is 5.41 Å². The Hall–Kier alpha value is -0.530. The van der Waals surface area contributed by atoms with Gasteiger partial charge in [-0.3, -0.25) is 4.79 Å². The fourth-order valence-corrected chi connectivity index (χ4v) is 5.61. The second kappa shape index (κ2) is 17.9. The number of carbonyl (C=O) groups excluding carboxylic acids is 1. The van der Waals surface area contributed by atoms with Crippen LogP contribution in [0.3, 0.4) is 0 Å². The molecule has 1 aliphatic heterocycles. The quantitative estimate of drug-likeness (QED) is 0.121. The van der Waals surface area contributed by atoms with E-state index >= 15 is 0 Å². The van der Waals surface area contributed by atoms with E-state index in [2.05, 4.69) is 27.7 Å². The number of hydrogen-bond acceptors (Lipinski definition) is 2. The molecule has 0 unspecified atom stereocenters. The molecule has 1 heterocycles. The molecule has 1 fully saturated rings. The molecule has 0 bridgehead atoms. The molecule has 2 nitrogen and oxygen atoms in total. The van der Waals surface area contributed by atoms with Gasteiger partial charge in [-0.1, -0.05) is 143 Å². The number of unbranched alkanes of at least 4 members (excludes halogenated alkanes) is 18. The number of esters is 1. The van der Waals surface area contributed by atoms with Crippen LogP contribution < -0.4 is 0 Å². The fraction of sp³-hybridized carbons (Fsp3) is 0.967. The zero-order valence-electron chi connectivity index (χ0n) is 22.6. The molecular formula is C30H58O2. The second-order valence-corrected chi connectivity index (χ2v) is 11.4. The van der Waals surface area contributed by atoms with E-state index in [-0.39, 0.29) is 17.0 Å². The summed E-state index contributed by atoms with van der Waals surface area (Å²) >= 11 is 0. The van der Waals surface area contributed by atoms with Gasteiger partial charge in [0.15, 0.2) is 0 Å². The van der Waals surface area contributed by atoms with Gasteiger partial charge in [-0.25, -0.2) is 0 Å². The molecule has 0 amide bonds. The van der Waals surface area contributed by atoms with Gasteiger partial charge in [-0.2, -0.15) is 0 Å². The van der Waals surface area contributed by atoms with Crippen molar-refractivity contribution in [3.8, 4) is 0 Å². The summed E-state index contributed by atoms with van der Waals surface area (Å²) in [4.78, 5) is 12.2. The highest BCUT2D eigenvalue weighted by atomic mass is 16.6. The van der Waals surface area contributed by atoms with Crippen molar-refractivity contribution in [1.82, 2.24) is 0 Å². The first-order valence-corrected chi connectivity index (χ1v) is 14.7. The van der Waals surface area contributed by atoms with Crippen LogP contribution in [0.25, 0.3) is 0 Å². The van der Waals surface area contributed by atoms with Gasteiger partial charge in [0.25, 0.3) is 0 Å². The first-order valence-electron chi connectivity index (χ1n) is 14.7. The standard InChI is InChI=1S/C30H58O2/c1-5-7-9-11-13-15-17-19-21-23-25-30(29(3,4)27-28(31)32-30)26-24-22-20-18-16-14-12-10-8-6-2/h5-27H2,1-4H3. The van der Waals surface area contributed by atoms with Crippen molar-refractivity contribution < 1.29 is 9.53 Å². The first-order chi connectivity index (χ1) is 15.5. The summed E-state index contributed by atoms with van der Waals surface area (Å²) in [5.74, 6) is 0.0363. The maximum atomic E-state index is 12.2. The minimum Gasteiger partial charge on any atom is -0.458 e. The van der Waals surface area contributed by atoms with E-state index < -0.39 is 0 Å². The molecule has 0 atom stereocenters. The predicted octanol–water partition coefficient (Wildman–Crippen LogP) is 10.3. The maximum Gasteiger partial charge on any atom is 0.307 e. The zero-order chi connectivity index (χ0) is 23.5. The van der Waals surface area contributed by atoms with Crippen LogP contribution in [0.5, 0.6) is 0 Å². The summed E-state index contributed by atoms with van der Waals surface area (Å²) in [6, 6.07) is 0. The monoisotopic (exact) mass is 450 g/mol. The number of cyclic esters (lactones) is 1. The lowest BCUT2D eigenvalue weighted by atomic mass is 9.69. The average molecular weight is 451 g/mol. The number of rotatable bonds is 22. The van der Waals surface area contributed by atoms with Gasteiger partial charge < -0.3 is 4.74 Å². The third-order valence-corrected chi connectivity index (χ3v) is 8.00. The fourth-order valence-electron chi connectivity index (χ4n) is 5.61. The molecule has 1 rings (SSSR count). The van der Waals surface area contributed by atoms with Crippen LogP contribution in [0.4, 0.5) is 0 Å². The molecule has 2 heteroatoms. The van der Waals surface area contributed by atoms with Crippen LogP contribution in [0.2, 0.25) is 0 Å². The van der Waals surface area contributed by atoms with Crippen LogP contribution in [0.1, 0.15) is 175 Å². The molecule has 0 spiro atoms. The van der Waals surface area contributed by atoms with Gasteiger partial charge >= 0.3 is 5.97 Å². The van der Waals surface area contributed by atoms with E-state index in [0.717, 1.165) is 12.8 Å². The Bertz CT molecular complexity index is 430. The summed E-state index contributed by atoms with van der Waals surface area (Å²) in [5, 5.41) is 0. The van der Waals surface area contributed by atoms with Crippen LogP contribution in [0.15, 0.2) is 0 Å². The highest BCUT2D eigenvalue weighted by Crippen LogP contribution is 2.50. The van der Waals surface area contributed by atoms with Crippen molar-refractivity contribution in [3.63, 3.8) is 0 Å². The smallest absolute Gasteiger partial charge is 0.307 e. The van der Waals surface area contributed by atoms with Crippen molar-refractivity contribution >= 4 is 5.97 Å². The van der Waals surface area contributed by atoms with Crippen LogP contribution in [-0.4, -0.2) is 11.6 Å². The van der Waals surface area contributed by atoms with Gasteiger partial charge in [-0.15, -0.1) is 0 Å². The SMILES string of the molecule is CCCCCCCCCCCCC1(CCCCCCCCCCCC)OC(=O)CC1(C)C. The van der Waals surface area contributed by atoms with Crippen LogP contribution in [0, 0.1) is 5.41 Å². The summed E-state index contributed by atoms with van der Waals surface area (Å²) in [6.45, 7) is 9.10. The van der Waals surface area contributed by atoms with E-state index in [0.29, 0.717) is 6.42 Å². The Labute approximate surface area is 202 Å². The van der Waals surface area contributed by atoms with E-state index in [4.69, 9.17) is 4.74 Å². The topological polar surface area (TPSA) is 26.3 Å². The minimum atomic E-state index is -0.204. The molecule has 32 heavy (non-hydrogen) atoms. The molecule has 190 valence electrons. The lowest BCUT2D eigenvalue weighted by Gasteiger charge is -2.39. The Morgan fingerprint density at radius 2 is 0.875 bits per heavy atom. The summed E-state index contributed by atoms with van der Waals surface area (Å²) in [6.07, 6.45) is 29.9. The van der Waals surface area contributed by atoms with Crippen LogP contribution in [-0.2, 0) is 9.53 Å². The van der Waals surface area contributed by atoms with E-state index in [1.807, 2.05) is 0 Å². The average Bonchev–Trinajstić information content (AvgIpc) is 2.98. The van der Waals surface area contributed by atoms with E-state index in [1.165, 1.54) is 128 Å². The molecule has 0 N–H and O–H groups in total. The maximum absolute atomic E-state index is 12.2. The Kier molecular flexibility index (Phi) is 16.5. The lowest BCUT2D eigenvalue weighted by Crippen LogP contribution is -2.41. The molecule has 0 aliphatic carbocycles. The Balaban J connectivity index is 2.22. The number of carbonyl (C=O) groups is 1. The third kappa shape index (κ3) is 12.1. The van der Waals surface area contributed by atoms with Crippen molar-refractivity contribution in [1.29, 1.82) is 0 Å². The third-order valence-electron chi connectivity index (χ3n) is 8.00. The number of hydrogen-bond donors (Lipinski definition) is 0. The Morgan fingerprint density at radius 3 is 1.16 bits per heavy atom. The Morgan fingerprint density at radius 1 is 0.562 bits per heavy atom. The second-order valence-electron chi connectivity index (χ2n) is 11.4.